The summed E-state index contributed by atoms with van der Waals surface area (Å²) in [6, 6.07) is 0. The minimum atomic E-state index is 0.285. The van der Waals surface area contributed by atoms with Crippen molar-refractivity contribution in [2.75, 3.05) is 18.8 Å². The molecule has 0 aromatic rings. The molecule has 2 nitrogen and oxygen atoms in total. The first kappa shape index (κ1) is 11.1. The molecule has 1 fully saturated rings. The van der Waals surface area contributed by atoms with Crippen molar-refractivity contribution < 1.29 is 0 Å². The second-order valence-corrected chi connectivity index (χ2v) is 4.59. The monoisotopic (exact) mass is 200 g/mol. The quantitative estimate of drug-likeness (QED) is 0.649. The first-order valence-corrected chi connectivity index (χ1v) is 6.19. The molecule has 1 spiro atoms. The first-order chi connectivity index (χ1) is 6.31. The van der Waals surface area contributed by atoms with Gasteiger partial charge in [0.15, 0.2) is 0 Å². The highest BCUT2D eigenvalue weighted by molar-refractivity contribution is 8.14. The molecule has 1 N–H and O–H groups in total. The third-order valence-corrected chi connectivity index (χ3v) is 3.58. The molecule has 0 aliphatic carbocycles. The van der Waals surface area contributed by atoms with Crippen molar-refractivity contribution in [1.82, 2.24) is 5.32 Å². The maximum absolute atomic E-state index is 4.70. The van der Waals surface area contributed by atoms with Crippen LogP contribution in [0, 0.1) is 0 Å². The van der Waals surface area contributed by atoms with E-state index in [1.54, 1.807) is 0 Å². The third kappa shape index (κ3) is 2.71. The van der Waals surface area contributed by atoms with Gasteiger partial charge in [-0.3, -0.25) is 4.99 Å². The number of aliphatic imine (C=N–C) groups is 1. The molecule has 2 aliphatic rings. The van der Waals surface area contributed by atoms with Gasteiger partial charge in [-0.2, -0.15) is 0 Å². The van der Waals surface area contributed by atoms with E-state index in [9.17, 15) is 0 Å². The summed E-state index contributed by atoms with van der Waals surface area (Å²) in [5.41, 5.74) is 0.285. The van der Waals surface area contributed by atoms with Crippen molar-refractivity contribution in [2.24, 2.45) is 4.99 Å². The highest BCUT2D eigenvalue weighted by Gasteiger charge is 2.35. The number of rotatable bonds is 0. The molecular formula is C10H20N2S. The molecule has 1 unspecified atom stereocenters. The van der Waals surface area contributed by atoms with Gasteiger partial charge in [-0.1, -0.05) is 13.8 Å². The Labute approximate surface area is 85.6 Å². The Balaban J connectivity index is 0.000000396. The largest absolute Gasteiger partial charge is 0.314 e. The van der Waals surface area contributed by atoms with Gasteiger partial charge < -0.3 is 5.32 Å². The van der Waals surface area contributed by atoms with E-state index in [1.807, 2.05) is 25.6 Å². The van der Waals surface area contributed by atoms with E-state index in [4.69, 9.17) is 4.99 Å². The summed E-state index contributed by atoms with van der Waals surface area (Å²) in [4.78, 5) is 4.70. The topological polar surface area (TPSA) is 24.4 Å². The van der Waals surface area contributed by atoms with E-state index in [-0.39, 0.29) is 5.54 Å². The SMILES string of the molecule is CC.CC1=NC2(CCCNC2)CS1. The Morgan fingerprint density at radius 2 is 2.23 bits per heavy atom. The molecule has 2 rings (SSSR count). The van der Waals surface area contributed by atoms with E-state index in [0.29, 0.717) is 0 Å². The van der Waals surface area contributed by atoms with E-state index >= 15 is 0 Å². The lowest BCUT2D eigenvalue weighted by Crippen LogP contribution is -2.44. The van der Waals surface area contributed by atoms with E-state index < -0.39 is 0 Å². The molecule has 3 heteroatoms. The number of hydrogen-bond acceptors (Lipinski definition) is 3. The Bertz CT molecular complexity index is 183. The lowest BCUT2D eigenvalue weighted by molar-refractivity contribution is 0.354. The summed E-state index contributed by atoms with van der Waals surface area (Å²) in [5.74, 6) is 1.20. The van der Waals surface area contributed by atoms with Crippen molar-refractivity contribution in [2.45, 2.75) is 39.2 Å². The van der Waals surface area contributed by atoms with Gasteiger partial charge in [-0.05, 0) is 26.3 Å². The van der Waals surface area contributed by atoms with Gasteiger partial charge in [0.05, 0.1) is 10.6 Å². The average Bonchev–Trinajstić information content (AvgIpc) is 2.52. The van der Waals surface area contributed by atoms with Crippen LogP contribution in [0.15, 0.2) is 4.99 Å². The smallest absolute Gasteiger partial charge is 0.0835 e. The summed E-state index contributed by atoms with van der Waals surface area (Å²) in [7, 11) is 0. The third-order valence-electron chi connectivity index (χ3n) is 2.39. The fourth-order valence-electron chi connectivity index (χ4n) is 1.81. The molecule has 13 heavy (non-hydrogen) atoms. The van der Waals surface area contributed by atoms with Crippen LogP contribution in [0.5, 0.6) is 0 Å². The van der Waals surface area contributed by atoms with E-state index in [1.165, 1.54) is 30.2 Å². The zero-order valence-electron chi connectivity index (χ0n) is 8.89. The predicted octanol–water partition coefficient (Wildman–Crippen LogP) is 2.30. The summed E-state index contributed by atoms with van der Waals surface area (Å²) < 4.78 is 0. The molecule has 1 saturated heterocycles. The Morgan fingerprint density at radius 1 is 1.46 bits per heavy atom. The van der Waals surface area contributed by atoms with Crippen LogP contribution in [0.1, 0.15) is 33.6 Å². The predicted molar refractivity (Wildman–Crippen MR) is 61.7 cm³/mol. The second kappa shape index (κ2) is 5.01. The molecule has 0 amide bonds. The highest BCUT2D eigenvalue weighted by Crippen LogP contribution is 2.32. The van der Waals surface area contributed by atoms with Crippen molar-refractivity contribution in [3.05, 3.63) is 0 Å². The molecule has 0 aromatic carbocycles. The Morgan fingerprint density at radius 3 is 2.69 bits per heavy atom. The fraction of sp³-hybridized carbons (Fsp3) is 0.900. The van der Waals surface area contributed by atoms with Crippen LogP contribution in [0.3, 0.4) is 0 Å². The van der Waals surface area contributed by atoms with Crippen LogP contribution in [-0.4, -0.2) is 29.4 Å². The molecule has 2 aliphatic heterocycles. The Kier molecular flexibility index (Phi) is 4.26. The van der Waals surface area contributed by atoms with Gasteiger partial charge in [0.1, 0.15) is 0 Å². The van der Waals surface area contributed by atoms with Crippen molar-refractivity contribution >= 4 is 16.8 Å². The lowest BCUT2D eigenvalue weighted by atomic mass is 9.93. The molecule has 76 valence electrons. The van der Waals surface area contributed by atoms with Crippen molar-refractivity contribution in [3.8, 4) is 0 Å². The summed E-state index contributed by atoms with van der Waals surface area (Å²) in [6.07, 6.45) is 2.57. The molecule has 0 bridgehead atoms. The standard InChI is InChI=1S/C8H14N2S.C2H6/c1-7-10-8(6-11-7)3-2-4-9-5-8;1-2/h9H,2-6H2,1H3;1-2H3. The normalized spacial score (nSPS) is 32.4. The molecule has 0 radical (unpaired) electrons. The summed E-state index contributed by atoms with van der Waals surface area (Å²) in [5, 5.41) is 4.69. The minimum absolute atomic E-state index is 0.285. The molecule has 0 aromatic heterocycles. The number of nitrogens with one attached hydrogen (secondary N) is 1. The van der Waals surface area contributed by atoms with Crippen LogP contribution in [0.4, 0.5) is 0 Å². The van der Waals surface area contributed by atoms with Gasteiger partial charge in [0, 0.05) is 12.3 Å². The van der Waals surface area contributed by atoms with Gasteiger partial charge in [0.25, 0.3) is 0 Å². The van der Waals surface area contributed by atoms with Gasteiger partial charge in [-0.15, -0.1) is 11.8 Å². The molecule has 2 heterocycles. The van der Waals surface area contributed by atoms with Crippen LogP contribution >= 0.6 is 11.8 Å². The maximum Gasteiger partial charge on any atom is 0.0835 e. The minimum Gasteiger partial charge on any atom is -0.314 e. The number of thioether (sulfide) groups is 1. The van der Waals surface area contributed by atoms with Crippen LogP contribution in [0.25, 0.3) is 0 Å². The van der Waals surface area contributed by atoms with Gasteiger partial charge in [-0.25, -0.2) is 0 Å². The van der Waals surface area contributed by atoms with E-state index in [2.05, 4.69) is 12.2 Å². The van der Waals surface area contributed by atoms with Gasteiger partial charge >= 0.3 is 0 Å². The number of nitrogens with zero attached hydrogens (tertiary/aromatic N) is 1. The Hall–Kier alpha value is -0.0200. The average molecular weight is 200 g/mol. The maximum atomic E-state index is 4.70. The van der Waals surface area contributed by atoms with Crippen molar-refractivity contribution in [3.63, 3.8) is 0 Å². The van der Waals surface area contributed by atoms with Gasteiger partial charge in [0.2, 0.25) is 0 Å². The summed E-state index contributed by atoms with van der Waals surface area (Å²) >= 11 is 1.91. The zero-order chi connectivity index (χ0) is 9.73. The second-order valence-electron chi connectivity index (χ2n) is 3.42. The number of hydrogen-bond donors (Lipinski definition) is 1. The highest BCUT2D eigenvalue weighted by atomic mass is 32.2. The van der Waals surface area contributed by atoms with Crippen molar-refractivity contribution in [1.29, 1.82) is 0 Å². The molecule has 1 atom stereocenters. The van der Waals surface area contributed by atoms with E-state index in [0.717, 1.165) is 6.54 Å². The van der Waals surface area contributed by atoms with Crippen LogP contribution in [-0.2, 0) is 0 Å². The first-order valence-electron chi connectivity index (χ1n) is 5.21. The molecule has 0 saturated carbocycles. The molecular weight excluding hydrogens is 180 g/mol. The summed E-state index contributed by atoms with van der Waals surface area (Å²) in [6.45, 7) is 8.40. The number of piperidine rings is 1. The van der Waals surface area contributed by atoms with Crippen LogP contribution < -0.4 is 5.32 Å². The lowest BCUT2D eigenvalue weighted by Gasteiger charge is -2.30. The zero-order valence-corrected chi connectivity index (χ0v) is 9.71. The fourth-order valence-corrected chi connectivity index (χ4v) is 2.85. The van der Waals surface area contributed by atoms with Crippen LogP contribution in [0.2, 0.25) is 0 Å².